The number of carbonyl (C=O) groups excluding carboxylic acids is 1. The van der Waals surface area contributed by atoms with Crippen LogP contribution in [0.15, 0.2) is 41.5 Å². The van der Waals surface area contributed by atoms with Gasteiger partial charge in [0, 0.05) is 18.4 Å². The van der Waals surface area contributed by atoms with Crippen LogP contribution in [0.25, 0.3) is 0 Å². The minimum Gasteiger partial charge on any atom is -0.430 e. The van der Waals surface area contributed by atoms with Gasteiger partial charge in [0.1, 0.15) is 11.9 Å². The van der Waals surface area contributed by atoms with Crippen LogP contribution in [0.3, 0.4) is 0 Å². The maximum absolute atomic E-state index is 11.7. The van der Waals surface area contributed by atoms with E-state index in [1.54, 1.807) is 31.2 Å². The molecule has 1 aliphatic rings. The predicted molar refractivity (Wildman–Crippen MR) is 74.1 cm³/mol. The SMILES string of the molecule is C#CC1=C(C)[C@@H](O)C[C@@H](OC(=O)Oc2ccccc2)C1. The maximum Gasteiger partial charge on any atom is 0.514 e. The monoisotopic (exact) mass is 272 g/mol. The standard InChI is InChI=1S/C16H16O4/c1-3-12-9-14(10-15(17)11(12)2)20-16(18)19-13-7-5-4-6-8-13/h1,4-8,14-15,17H,9-10H2,2H3/t14-,15-/m0/s1. The number of hydrogen-bond donors (Lipinski definition) is 1. The van der Waals surface area contributed by atoms with Gasteiger partial charge >= 0.3 is 6.16 Å². The molecule has 1 aromatic rings. The highest BCUT2D eigenvalue weighted by Crippen LogP contribution is 2.27. The molecule has 0 saturated heterocycles. The topological polar surface area (TPSA) is 55.8 Å². The number of aliphatic hydroxyl groups excluding tert-OH is 1. The second-order valence-corrected chi connectivity index (χ2v) is 4.67. The van der Waals surface area contributed by atoms with Gasteiger partial charge in [-0.05, 0) is 24.6 Å². The summed E-state index contributed by atoms with van der Waals surface area (Å²) in [7, 11) is 0. The molecular weight excluding hydrogens is 256 g/mol. The predicted octanol–water partition coefficient (Wildman–Crippen LogP) is 2.68. The van der Waals surface area contributed by atoms with Crippen LogP contribution in [0.2, 0.25) is 0 Å². The molecule has 2 atom stereocenters. The molecule has 4 heteroatoms. The Hall–Kier alpha value is -2.25. The van der Waals surface area contributed by atoms with Gasteiger partial charge in [0.15, 0.2) is 0 Å². The van der Waals surface area contributed by atoms with Crippen LogP contribution in [0.5, 0.6) is 5.75 Å². The fraction of sp³-hybridized carbons (Fsp3) is 0.312. The summed E-state index contributed by atoms with van der Waals surface area (Å²) in [4.78, 5) is 11.7. The Morgan fingerprint density at radius 3 is 2.75 bits per heavy atom. The Morgan fingerprint density at radius 1 is 1.40 bits per heavy atom. The molecule has 1 N–H and O–H groups in total. The van der Waals surface area contributed by atoms with E-state index in [-0.39, 0.29) is 0 Å². The molecule has 20 heavy (non-hydrogen) atoms. The van der Waals surface area contributed by atoms with Crippen molar-refractivity contribution >= 4 is 6.16 Å². The van der Waals surface area contributed by atoms with Gasteiger partial charge in [0.2, 0.25) is 0 Å². The van der Waals surface area contributed by atoms with Crippen molar-refractivity contribution < 1.29 is 19.4 Å². The molecule has 1 aromatic carbocycles. The molecule has 0 heterocycles. The lowest BCUT2D eigenvalue weighted by Gasteiger charge is -2.27. The first-order valence-corrected chi connectivity index (χ1v) is 6.38. The van der Waals surface area contributed by atoms with E-state index in [2.05, 4.69) is 5.92 Å². The molecule has 2 rings (SSSR count). The van der Waals surface area contributed by atoms with E-state index in [4.69, 9.17) is 15.9 Å². The van der Waals surface area contributed by atoms with Crippen LogP contribution >= 0.6 is 0 Å². The first-order valence-electron chi connectivity index (χ1n) is 6.38. The summed E-state index contributed by atoms with van der Waals surface area (Å²) in [6.07, 6.45) is 4.22. The fourth-order valence-electron chi connectivity index (χ4n) is 2.11. The number of carbonyl (C=O) groups is 1. The van der Waals surface area contributed by atoms with Gasteiger partial charge in [-0.2, -0.15) is 0 Å². The van der Waals surface area contributed by atoms with Gasteiger partial charge in [-0.15, -0.1) is 6.42 Å². The van der Waals surface area contributed by atoms with E-state index in [1.165, 1.54) is 0 Å². The third kappa shape index (κ3) is 3.40. The van der Waals surface area contributed by atoms with Gasteiger partial charge in [0.05, 0.1) is 6.10 Å². The maximum atomic E-state index is 11.7. The molecule has 0 spiro atoms. The summed E-state index contributed by atoms with van der Waals surface area (Å²) >= 11 is 0. The first-order chi connectivity index (χ1) is 9.60. The Labute approximate surface area is 118 Å². The summed E-state index contributed by atoms with van der Waals surface area (Å²) in [6, 6.07) is 8.66. The van der Waals surface area contributed by atoms with E-state index in [0.29, 0.717) is 24.2 Å². The molecule has 0 unspecified atom stereocenters. The Bertz CT molecular complexity index is 554. The smallest absolute Gasteiger partial charge is 0.430 e. The van der Waals surface area contributed by atoms with E-state index in [0.717, 1.165) is 5.57 Å². The van der Waals surface area contributed by atoms with Crippen molar-refractivity contribution in [3.8, 4) is 18.1 Å². The van der Waals surface area contributed by atoms with E-state index in [9.17, 15) is 9.90 Å². The lowest BCUT2D eigenvalue weighted by atomic mass is 9.89. The van der Waals surface area contributed by atoms with Gasteiger partial charge in [-0.3, -0.25) is 0 Å². The van der Waals surface area contributed by atoms with Crippen molar-refractivity contribution in [3.05, 3.63) is 41.5 Å². The van der Waals surface area contributed by atoms with E-state index in [1.807, 2.05) is 6.07 Å². The van der Waals surface area contributed by atoms with Crippen molar-refractivity contribution in [2.24, 2.45) is 0 Å². The highest BCUT2D eigenvalue weighted by Gasteiger charge is 2.28. The number of aliphatic hydroxyl groups is 1. The summed E-state index contributed by atoms with van der Waals surface area (Å²) in [5.41, 5.74) is 1.45. The van der Waals surface area contributed by atoms with Crippen LogP contribution in [0.1, 0.15) is 19.8 Å². The summed E-state index contributed by atoms with van der Waals surface area (Å²) in [6.45, 7) is 1.79. The van der Waals surface area contributed by atoms with Crippen LogP contribution < -0.4 is 4.74 Å². The lowest BCUT2D eigenvalue weighted by Crippen LogP contribution is -2.30. The largest absolute Gasteiger partial charge is 0.514 e. The van der Waals surface area contributed by atoms with Gasteiger partial charge in [-0.25, -0.2) is 4.79 Å². The molecular formula is C16H16O4. The fourth-order valence-corrected chi connectivity index (χ4v) is 2.11. The first kappa shape index (κ1) is 14.2. The number of ether oxygens (including phenoxy) is 2. The molecule has 0 aliphatic heterocycles. The molecule has 0 amide bonds. The summed E-state index contributed by atoms with van der Waals surface area (Å²) in [5, 5.41) is 9.87. The number of para-hydroxylation sites is 1. The highest BCUT2D eigenvalue weighted by molar-refractivity contribution is 5.64. The van der Waals surface area contributed by atoms with Gasteiger partial charge in [-0.1, -0.05) is 24.1 Å². The van der Waals surface area contributed by atoms with Crippen LogP contribution in [-0.2, 0) is 4.74 Å². The van der Waals surface area contributed by atoms with Gasteiger partial charge < -0.3 is 14.6 Å². The van der Waals surface area contributed by atoms with E-state index >= 15 is 0 Å². The van der Waals surface area contributed by atoms with Crippen molar-refractivity contribution in [1.29, 1.82) is 0 Å². The molecule has 0 fully saturated rings. The van der Waals surface area contributed by atoms with E-state index < -0.39 is 18.4 Å². The van der Waals surface area contributed by atoms with Crippen molar-refractivity contribution in [3.63, 3.8) is 0 Å². The third-order valence-corrected chi connectivity index (χ3v) is 3.28. The third-order valence-electron chi connectivity index (χ3n) is 3.28. The Balaban J connectivity index is 1.95. The molecule has 104 valence electrons. The van der Waals surface area contributed by atoms with Crippen LogP contribution in [-0.4, -0.2) is 23.5 Å². The molecule has 0 saturated carbocycles. The Kier molecular flexibility index (Phi) is 4.44. The zero-order chi connectivity index (χ0) is 14.5. The average molecular weight is 272 g/mol. The number of benzene rings is 1. The highest BCUT2D eigenvalue weighted by atomic mass is 16.7. The zero-order valence-electron chi connectivity index (χ0n) is 11.2. The quantitative estimate of drug-likeness (QED) is 0.511. The minimum atomic E-state index is -0.788. The molecule has 0 aromatic heterocycles. The zero-order valence-corrected chi connectivity index (χ0v) is 11.2. The number of terminal acetylenes is 1. The normalized spacial score (nSPS) is 22.1. The van der Waals surface area contributed by atoms with Gasteiger partial charge in [0.25, 0.3) is 0 Å². The molecule has 0 radical (unpaired) electrons. The van der Waals surface area contributed by atoms with Crippen molar-refractivity contribution in [2.45, 2.75) is 32.0 Å². The second-order valence-electron chi connectivity index (χ2n) is 4.67. The van der Waals surface area contributed by atoms with Crippen molar-refractivity contribution in [1.82, 2.24) is 0 Å². The Morgan fingerprint density at radius 2 is 2.10 bits per heavy atom. The molecule has 4 nitrogen and oxygen atoms in total. The summed E-state index contributed by atoms with van der Waals surface area (Å²) in [5.74, 6) is 2.94. The van der Waals surface area contributed by atoms with Crippen LogP contribution in [0.4, 0.5) is 4.79 Å². The lowest BCUT2D eigenvalue weighted by molar-refractivity contribution is 0.0309. The average Bonchev–Trinajstić information content (AvgIpc) is 2.43. The number of rotatable bonds is 2. The van der Waals surface area contributed by atoms with Crippen molar-refractivity contribution in [2.75, 3.05) is 0 Å². The second kappa shape index (κ2) is 6.27. The van der Waals surface area contributed by atoms with Crippen LogP contribution in [0, 0.1) is 12.3 Å². The minimum absolute atomic E-state index is 0.334. The number of hydrogen-bond acceptors (Lipinski definition) is 4. The summed E-state index contributed by atoms with van der Waals surface area (Å²) < 4.78 is 10.2. The molecule has 1 aliphatic carbocycles. The molecule has 0 bridgehead atoms.